The van der Waals surface area contributed by atoms with Crippen LogP contribution in [-0.4, -0.2) is 27.5 Å². The van der Waals surface area contributed by atoms with Gasteiger partial charge in [0.25, 0.3) is 5.89 Å². The fourth-order valence-corrected chi connectivity index (χ4v) is 3.33. The molecule has 1 saturated heterocycles. The van der Waals surface area contributed by atoms with Crippen molar-refractivity contribution in [2.24, 2.45) is 0 Å². The summed E-state index contributed by atoms with van der Waals surface area (Å²) in [5.41, 5.74) is 2.00. The Morgan fingerprint density at radius 1 is 1.13 bits per heavy atom. The Kier molecular flexibility index (Phi) is 3.67. The summed E-state index contributed by atoms with van der Waals surface area (Å²) in [6.45, 7) is 1.53. The average molecular weight is 325 g/mol. The van der Waals surface area contributed by atoms with Crippen LogP contribution in [0.3, 0.4) is 0 Å². The van der Waals surface area contributed by atoms with Crippen molar-refractivity contribution < 1.29 is 9.21 Å². The first kappa shape index (κ1) is 14.1. The van der Waals surface area contributed by atoms with Crippen LogP contribution in [0.25, 0.3) is 22.2 Å². The van der Waals surface area contributed by atoms with E-state index in [0.29, 0.717) is 24.7 Å². The number of carbonyl (C=O) groups excluding carboxylic acids is 1. The summed E-state index contributed by atoms with van der Waals surface area (Å²) < 4.78 is 5.73. The van der Waals surface area contributed by atoms with Gasteiger partial charge < -0.3 is 9.32 Å². The fourth-order valence-electron chi connectivity index (χ4n) is 2.68. The van der Waals surface area contributed by atoms with Gasteiger partial charge in [-0.3, -0.25) is 4.79 Å². The van der Waals surface area contributed by atoms with E-state index in [9.17, 15) is 4.79 Å². The molecule has 0 bridgehead atoms. The summed E-state index contributed by atoms with van der Waals surface area (Å²) in [6, 6.07) is 11.9. The van der Waals surface area contributed by atoms with Gasteiger partial charge in [-0.25, -0.2) is 0 Å². The van der Waals surface area contributed by atoms with Crippen LogP contribution < -0.4 is 0 Å². The normalized spacial score (nSPS) is 14.6. The Labute approximate surface area is 137 Å². The van der Waals surface area contributed by atoms with Crippen LogP contribution in [-0.2, 0) is 11.3 Å². The first-order valence-corrected chi connectivity index (χ1v) is 8.42. The van der Waals surface area contributed by atoms with Gasteiger partial charge in [0.1, 0.15) is 0 Å². The molecule has 0 spiro atoms. The molecule has 3 aromatic rings. The monoisotopic (exact) mass is 325 g/mol. The van der Waals surface area contributed by atoms with Crippen LogP contribution in [0.15, 0.2) is 46.2 Å². The lowest BCUT2D eigenvalue weighted by molar-refractivity contribution is -0.128. The second kappa shape index (κ2) is 5.96. The second-order valence-corrected chi connectivity index (χ2v) is 6.45. The number of aromatic nitrogens is 2. The van der Waals surface area contributed by atoms with E-state index in [0.717, 1.165) is 29.0 Å². The maximum absolute atomic E-state index is 11.7. The van der Waals surface area contributed by atoms with Crippen molar-refractivity contribution in [1.29, 1.82) is 0 Å². The van der Waals surface area contributed by atoms with E-state index < -0.39 is 0 Å². The summed E-state index contributed by atoms with van der Waals surface area (Å²) in [5, 5.41) is 10.2. The molecule has 0 saturated carbocycles. The Morgan fingerprint density at radius 2 is 1.96 bits per heavy atom. The Balaban J connectivity index is 1.51. The summed E-state index contributed by atoms with van der Waals surface area (Å²) in [5.74, 6) is 1.30. The van der Waals surface area contributed by atoms with E-state index >= 15 is 0 Å². The lowest BCUT2D eigenvalue weighted by Gasteiger charge is -2.15. The van der Waals surface area contributed by atoms with Crippen LogP contribution in [0.2, 0.25) is 0 Å². The molecule has 1 amide bonds. The van der Waals surface area contributed by atoms with E-state index in [4.69, 9.17) is 4.42 Å². The molecule has 0 N–H and O–H groups in total. The molecular formula is C17H15N3O2S. The van der Waals surface area contributed by atoms with Crippen molar-refractivity contribution >= 4 is 17.2 Å². The highest BCUT2D eigenvalue weighted by molar-refractivity contribution is 7.13. The second-order valence-electron chi connectivity index (χ2n) is 5.51. The SMILES string of the molecule is O=C1CCCN1Cc1ccc(-c2nnc(-c3cccs3)o2)cc1. The van der Waals surface area contributed by atoms with Crippen molar-refractivity contribution in [3.63, 3.8) is 0 Å². The average Bonchev–Trinajstić information content (AvgIpc) is 3.30. The van der Waals surface area contributed by atoms with Crippen LogP contribution in [0.5, 0.6) is 0 Å². The summed E-state index contributed by atoms with van der Waals surface area (Å²) in [4.78, 5) is 14.5. The quantitative estimate of drug-likeness (QED) is 0.735. The van der Waals surface area contributed by atoms with Gasteiger partial charge in [0.05, 0.1) is 4.88 Å². The smallest absolute Gasteiger partial charge is 0.258 e. The molecule has 116 valence electrons. The predicted octanol–water partition coefficient (Wildman–Crippen LogP) is 3.59. The number of hydrogen-bond donors (Lipinski definition) is 0. The van der Waals surface area contributed by atoms with Gasteiger partial charge in [-0.15, -0.1) is 21.5 Å². The topological polar surface area (TPSA) is 59.2 Å². The number of carbonyl (C=O) groups is 1. The van der Waals surface area contributed by atoms with Gasteiger partial charge in [-0.05, 0) is 35.6 Å². The highest BCUT2D eigenvalue weighted by Crippen LogP contribution is 2.27. The third kappa shape index (κ3) is 2.90. The molecule has 6 heteroatoms. The van der Waals surface area contributed by atoms with Crippen molar-refractivity contribution in [3.8, 4) is 22.2 Å². The molecule has 0 unspecified atom stereocenters. The fraction of sp³-hybridized carbons (Fsp3) is 0.235. The van der Waals surface area contributed by atoms with Crippen LogP contribution in [0.1, 0.15) is 18.4 Å². The van der Waals surface area contributed by atoms with Gasteiger partial charge >= 0.3 is 0 Å². The summed E-state index contributed by atoms with van der Waals surface area (Å²) in [7, 11) is 0. The molecule has 0 atom stereocenters. The van der Waals surface area contributed by atoms with Crippen molar-refractivity contribution in [1.82, 2.24) is 15.1 Å². The van der Waals surface area contributed by atoms with Crippen LogP contribution >= 0.6 is 11.3 Å². The molecule has 1 aliphatic heterocycles. The van der Waals surface area contributed by atoms with Gasteiger partial charge in [0.15, 0.2) is 0 Å². The minimum Gasteiger partial charge on any atom is -0.415 e. The molecule has 0 radical (unpaired) electrons. The van der Waals surface area contributed by atoms with Gasteiger partial charge in [0.2, 0.25) is 11.8 Å². The van der Waals surface area contributed by atoms with E-state index in [1.165, 1.54) is 0 Å². The van der Waals surface area contributed by atoms with Crippen molar-refractivity contribution in [3.05, 3.63) is 47.3 Å². The first-order valence-electron chi connectivity index (χ1n) is 7.54. The molecule has 23 heavy (non-hydrogen) atoms. The van der Waals surface area contributed by atoms with Gasteiger partial charge in [-0.2, -0.15) is 0 Å². The zero-order valence-electron chi connectivity index (χ0n) is 12.4. The van der Waals surface area contributed by atoms with E-state index in [2.05, 4.69) is 10.2 Å². The van der Waals surface area contributed by atoms with Crippen molar-refractivity contribution in [2.75, 3.05) is 6.54 Å². The van der Waals surface area contributed by atoms with Crippen LogP contribution in [0, 0.1) is 0 Å². The molecule has 2 aromatic heterocycles. The molecule has 0 aliphatic carbocycles. The highest BCUT2D eigenvalue weighted by atomic mass is 32.1. The third-order valence-corrected chi connectivity index (χ3v) is 4.76. The van der Waals surface area contributed by atoms with E-state index in [1.807, 2.05) is 46.7 Å². The largest absolute Gasteiger partial charge is 0.415 e. The molecule has 1 fully saturated rings. The zero-order valence-corrected chi connectivity index (χ0v) is 13.3. The molecule has 4 rings (SSSR count). The number of rotatable bonds is 4. The molecule has 1 aromatic carbocycles. The Morgan fingerprint density at radius 3 is 2.65 bits per heavy atom. The molecular weight excluding hydrogens is 310 g/mol. The lowest BCUT2D eigenvalue weighted by Crippen LogP contribution is -2.23. The molecule has 5 nitrogen and oxygen atoms in total. The lowest BCUT2D eigenvalue weighted by atomic mass is 10.1. The number of nitrogens with zero attached hydrogens (tertiary/aromatic N) is 3. The summed E-state index contributed by atoms with van der Waals surface area (Å²) >= 11 is 1.57. The number of thiophene rings is 1. The zero-order chi connectivity index (χ0) is 15.6. The Hall–Kier alpha value is -2.47. The minimum absolute atomic E-state index is 0.242. The number of likely N-dealkylation sites (tertiary alicyclic amines) is 1. The van der Waals surface area contributed by atoms with E-state index in [1.54, 1.807) is 11.3 Å². The standard InChI is InChI=1S/C17H15N3O2S/c21-15-4-1-9-20(15)11-12-5-7-13(8-6-12)16-18-19-17(22-16)14-3-2-10-23-14/h2-3,5-8,10H,1,4,9,11H2. The third-order valence-electron chi connectivity index (χ3n) is 3.90. The van der Waals surface area contributed by atoms with Crippen molar-refractivity contribution in [2.45, 2.75) is 19.4 Å². The molecule has 1 aliphatic rings. The predicted molar refractivity (Wildman–Crippen MR) is 87.7 cm³/mol. The summed E-state index contributed by atoms with van der Waals surface area (Å²) in [6.07, 6.45) is 1.63. The number of amides is 1. The maximum Gasteiger partial charge on any atom is 0.258 e. The van der Waals surface area contributed by atoms with Gasteiger partial charge in [-0.1, -0.05) is 18.2 Å². The molecule has 3 heterocycles. The Bertz CT molecular complexity index is 809. The van der Waals surface area contributed by atoms with Crippen LogP contribution in [0.4, 0.5) is 0 Å². The maximum atomic E-state index is 11.7. The first-order chi connectivity index (χ1) is 11.3. The number of hydrogen-bond acceptors (Lipinski definition) is 5. The minimum atomic E-state index is 0.242. The highest BCUT2D eigenvalue weighted by Gasteiger charge is 2.20. The number of benzene rings is 1. The van der Waals surface area contributed by atoms with Gasteiger partial charge in [0, 0.05) is 25.1 Å². The van der Waals surface area contributed by atoms with E-state index in [-0.39, 0.29) is 5.91 Å².